The lowest BCUT2D eigenvalue weighted by Crippen LogP contribution is -2.30. The van der Waals surface area contributed by atoms with Gasteiger partial charge in [-0.2, -0.15) is 0 Å². The average molecular weight is 429 g/mol. The summed E-state index contributed by atoms with van der Waals surface area (Å²) < 4.78 is 16.0. The molecule has 0 aliphatic heterocycles. The van der Waals surface area contributed by atoms with Crippen LogP contribution < -0.4 is 19.7 Å². The molecule has 0 saturated carbocycles. The minimum Gasteiger partial charge on any atom is -0.493 e. The van der Waals surface area contributed by atoms with E-state index < -0.39 is 11.9 Å². The van der Waals surface area contributed by atoms with Crippen molar-refractivity contribution >= 4 is 23.3 Å². The molecule has 168 valence electrons. The van der Waals surface area contributed by atoms with Crippen LogP contribution in [0.2, 0.25) is 0 Å². The first kappa shape index (κ1) is 24.1. The summed E-state index contributed by atoms with van der Waals surface area (Å²) in [6.45, 7) is 10.7. The number of rotatable bonds is 10. The SMILES string of the molecule is CCN(c1ccc(NC(=O)COC(=O)c2ccc(OC(C)C)c(OC)c2)cc1)C(C)C. The van der Waals surface area contributed by atoms with Crippen molar-refractivity contribution in [2.45, 2.75) is 46.8 Å². The molecule has 7 heteroatoms. The van der Waals surface area contributed by atoms with Gasteiger partial charge in [0, 0.05) is 24.0 Å². The number of carbonyl (C=O) groups excluding carboxylic acids is 2. The van der Waals surface area contributed by atoms with Crippen LogP contribution in [0, 0.1) is 0 Å². The molecule has 0 unspecified atom stereocenters. The molecule has 2 aromatic carbocycles. The van der Waals surface area contributed by atoms with Crippen LogP contribution in [0.5, 0.6) is 11.5 Å². The van der Waals surface area contributed by atoms with E-state index in [1.807, 2.05) is 38.1 Å². The van der Waals surface area contributed by atoms with E-state index in [9.17, 15) is 9.59 Å². The summed E-state index contributed by atoms with van der Waals surface area (Å²) in [6, 6.07) is 12.7. The van der Waals surface area contributed by atoms with Crippen LogP contribution in [0.1, 0.15) is 45.0 Å². The number of nitrogens with zero attached hydrogens (tertiary/aromatic N) is 1. The average Bonchev–Trinajstić information content (AvgIpc) is 2.73. The van der Waals surface area contributed by atoms with E-state index in [0.717, 1.165) is 12.2 Å². The van der Waals surface area contributed by atoms with Gasteiger partial charge in [-0.05, 0) is 77.1 Å². The molecular formula is C24H32N2O5. The molecule has 0 bridgehead atoms. The standard InChI is InChI=1S/C24H32N2O5/c1-7-26(16(2)3)20-11-9-19(10-12-20)25-23(27)15-30-24(28)18-8-13-21(31-17(4)5)22(14-18)29-6/h8-14,16-17H,7,15H2,1-6H3,(H,25,27). The van der Waals surface area contributed by atoms with Crippen molar-refractivity contribution in [3.63, 3.8) is 0 Å². The van der Waals surface area contributed by atoms with E-state index in [0.29, 0.717) is 23.2 Å². The number of hydrogen-bond donors (Lipinski definition) is 1. The van der Waals surface area contributed by atoms with Crippen LogP contribution in [0.25, 0.3) is 0 Å². The normalized spacial score (nSPS) is 10.7. The Labute approximate surface area is 184 Å². The molecule has 2 rings (SSSR count). The van der Waals surface area contributed by atoms with E-state index in [1.54, 1.807) is 12.1 Å². The number of esters is 1. The minimum atomic E-state index is -0.615. The van der Waals surface area contributed by atoms with Crippen LogP contribution >= 0.6 is 0 Å². The zero-order valence-corrected chi connectivity index (χ0v) is 19.1. The van der Waals surface area contributed by atoms with Crippen molar-refractivity contribution in [2.75, 3.05) is 30.5 Å². The number of methoxy groups -OCH3 is 1. The highest BCUT2D eigenvalue weighted by Gasteiger charge is 2.15. The third-order valence-corrected chi connectivity index (χ3v) is 4.54. The van der Waals surface area contributed by atoms with Gasteiger partial charge in [0.15, 0.2) is 18.1 Å². The molecule has 1 N–H and O–H groups in total. The summed E-state index contributed by atoms with van der Waals surface area (Å²) in [5.41, 5.74) is 2.00. The van der Waals surface area contributed by atoms with Gasteiger partial charge < -0.3 is 24.4 Å². The van der Waals surface area contributed by atoms with Crippen LogP contribution in [0.3, 0.4) is 0 Å². The molecule has 7 nitrogen and oxygen atoms in total. The van der Waals surface area contributed by atoms with Crippen molar-refractivity contribution < 1.29 is 23.8 Å². The Balaban J connectivity index is 1.93. The van der Waals surface area contributed by atoms with Crippen molar-refractivity contribution in [2.24, 2.45) is 0 Å². The lowest BCUT2D eigenvalue weighted by Gasteiger charge is -2.27. The maximum Gasteiger partial charge on any atom is 0.338 e. The van der Waals surface area contributed by atoms with Crippen LogP contribution in [0.4, 0.5) is 11.4 Å². The highest BCUT2D eigenvalue weighted by Crippen LogP contribution is 2.29. The number of amides is 1. The topological polar surface area (TPSA) is 77.1 Å². The zero-order chi connectivity index (χ0) is 23.0. The van der Waals surface area contributed by atoms with E-state index in [2.05, 4.69) is 31.0 Å². The molecule has 0 fully saturated rings. The van der Waals surface area contributed by atoms with E-state index >= 15 is 0 Å². The maximum atomic E-state index is 12.3. The van der Waals surface area contributed by atoms with E-state index in [1.165, 1.54) is 13.2 Å². The summed E-state index contributed by atoms with van der Waals surface area (Å²) in [4.78, 5) is 26.8. The first-order valence-electron chi connectivity index (χ1n) is 10.4. The Kier molecular flexibility index (Phi) is 8.73. The monoisotopic (exact) mass is 428 g/mol. The first-order chi connectivity index (χ1) is 14.7. The summed E-state index contributed by atoms with van der Waals surface area (Å²) in [7, 11) is 1.50. The zero-order valence-electron chi connectivity index (χ0n) is 19.1. The third kappa shape index (κ3) is 6.91. The Bertz CT molecular complexity index is 878. The number of nitrogens with one attached hydrogen (secondary N) is 1. The molecule has 0 aliphatic carbocycles. The van der Waals surface area contributed by atoms with E-state index in [-0.39, 0.29) is 18.3 Å². The van der Waals surface area contributed by atoms with Gasteiger partial charge in [-0.3, -0.25) is 4.79 Å². The Morgan fingerprint density at radius 1 is 1.00 bits per heavy atom. The molecule has 31 heavy (non-hydrogen) atoms. The van der Waals surface area contributed by atoms with Gasteiger partial charge in [0.1, 0.15) is 0 Å². The maximum absolute atomic E-state index is 12.3. The third-order valence-electron chi connectivity index (χ3n) is 4.54. The molecule has 0 aliphatic rings. The van der Waals surface area contributed by atoms with Gasteiger partial charge >= 0.3 is 5.97 Å². The fourth-order valence-electron chi connectivity index (χ4n) is 3.14. The molecule has 0 saturated heterocycles. The molecule has 0 atom stereocenters. The fourth-order valence-corrected chi connectivity index (χ4v) is 3.14. The highest BCUT2D eigenvalue weighted by atomic mass is 16.5. The largest absolute Gasteiger partial charge is 0.493 e. The van der Waals surface area contributed by atoms with Crippen molar-refractivity contribution in [3.8, 4) is 11.5 Å². The first-order valence-corrected chi connectivity index (χ1v) is 10.4. The van der Waals surface area contributed by atoms with Gasteiger partial charge in [-0.1, -0.05) is 0 Å². The van der Waals surface area contributed by atoms with E-state index in [4.69, 9.17) is 14.2 Å². The smallest absolute Gasteiger partial charge is 0.338 e. The molecule has 0 heterocycles. The lowest BCUT2D eigenvalue weighted by molar-refractivity contribution is -0.119. The summed E-state index contributed by atoms with van der Waals surface area (Å²) in [5.74, 6) is -0.0657. The van der Waals surface area contributed by atoms with Crippen molar-refractivity contribution in [3.05, 3.63) is 48.0 Å². The minimum absolute atomic E-state index is 0.0279. The second-order valence-corrected chi connectivity index (χ2v) is 7.58. The lowest BCUT2D eigenvalue weighted by atomic mass is 10.2. The molecule has 0 aromatic heterocycles. The predicted octanol–water partition coefficient (Wildman–Crippen LogP) is 4.51. The number of anilines is 2. The number of ether oxygens (including phenoxy) is 3. The number of carbonyl (C=O) groups is 2. The Hall–Kier alpha value is -3.22. The van der Waals surface area contributed by atoms with Gasteiger partial charge in [-0.15, -0.1) is 0 Å². The summed E-state index contributed by atoms with van der Waals surface area (Å²) in [5, 5.41) is 2.74. The fraction of sp³-hybridized carbons (Fsp3) is 0.417. The predicted molar refractivity (Wildman–Crippen MR) is 122 cm³/mol. The van der Waals surface area contributed by atoms with Gasteiger partial charge in [0.25, 0.3) is 5.91 Å². The Morgan fingerprint density at radius 3 is 2.23 bits per heavy atom. The second-order valence-electron chi connectivity index (χ2n) is 7.58. The number of benzene rings is 2. The summed E-state index contributed by atoms with van der Waals surface area (Å²) >= 11 is 0. The van der Waals surface area contributed by atoms with Crippen LogP contribution in [0.15, 0.2) is 42.5 Å². The van der Waals surface area contributed by atoms with Crippen molar-refractivity contribution in [1.29, 1.82) is 0 Å². The van der Waals surface area contributed by atoms with Gasteiger partial charge in [0.05, 0.1) is 18.8 Å². The quantitative estimate of drug-likeness (QED) is 0.561. The summed E-state index contributed by atoms with van der Waals surface area (Å²) in [6.07, 6.45) is -0.0279. The van der Waals surface area contributed by atoms with Crippen LogP contribution in [-0.2, 0) is 9.53 Å². The molecule has 1 amide bonds. The number of hydrogen-bond acceptors (Lipinski definition) is 6. The molecule has 2 aromatic rings. The highest BCUT2D eigenvalue weighted by molar-refractivity contribution is 5.95. The van der Waals surface area contributed by atoms with Crippen molar-refractivity contribution in [1.82, 2.24) is 0 Å². The Morgan fingerprint density at radius 2 is 1.68 bits per heavy atom. The molecular weight excluding hydrogens is 396 g/mol. The molecule has 0 radical (unpaired) electrons. The van der Waals surface area contributed by atoms with Crippen LogP contribution in [-0.4, -0.2) is 44.3 Å². The van der Waals surface area contributed by atoms with Gasteiger partial charge in [0.2, 0.25) is 0 Å². The second kappa shape index (κ2) is 11.2. The molecule has 0 spiro atoms. The van der Waals surface area contributed by atoms with Gasteiger partial charge in [-0.25, -0.2) is 4.79 Å².